The fourth-order valence-electron chi connectivity index (χ4n) is 3.70. The normalized spacial score (nSPS) is 22.5. The Morgan fingerprint density at radius 1 is 1.38 bits per heavy atom. The molecule has 1 unspecified atom stereocenters. The molecule has 3 aliphatic heterocycles. The van der Waals surface area contributed by atoms with Gasteiger partial charge in [0.15, 0.2) is 5.17 Å². The number of rotatable bonds is 4. The molecule has 1 aromatic rings. The Balaban J connectivity index is 1.50. The molecule has 3 heterocycles. The average molecular weight is 343 g/mol. The van der Waals surface area contributed by atoms with Crippen molar-refractivity contribution in [3.63, 3.8) is 0 Å². The third-order valence-corrected chi connectivity index (χ3v) is 5.80. The smallest absolute Gasteiger partial charge is 0.229 e. The highest BCUT2D eigenvalue weighted by Gasteiger charge is 2.34. The van der Waals surface area contributed by atoms with E-state index in [0.717, 1.165) is 54.7 Å². The minimum Gasteiger partial charge on any atom is -0.496 e. The van der Waals surface area contributed by atoms with Gasteiger partial charge in [-0.05, 0) is 24.3 Å². The van der Waals surface area contributed by atoms with Crippen LogP contribution < -0.4 is 4.74 Å². The van der Waals surface area contributed by atoms with E-state index in [0.29, 0.717) is 6.42 Å². The number of amides is 1. The summed E-state index contributed by atoms with van der Waals surface area (Å²) < 4.78 is 5.50. The highest BCUT2D eigenvalue weighted by molar-refractivity contribution is 8.16. The molecular formula is C18H21N3O2S. The highest BCUT2D eigenvalue weighted by Crippen LogP contribution is 2.38. The van der Waals surface area contributed by atoms with Gasteiger partial charge in [-0.2, -0.15) is 0 Å². The molecule has 0 bridgehead atoms. The minimum atomic E-state index is 0.120. The molecule has 4 rings (SSSR count). The Kier molecular flexibility index (Phi) is 4.22. The fraction of sp³-hybridized carbons (Fsp3) is 0.444. The van der Waals surface area contributed by atoms with Gasteiger partial charge in [-0.1, -0.05) is 30.0 Å². The zero-order chi connectivity index (χ0) is 16.5. The van der Waals surface area contributed by atoms with Gasteiger partial charge in [-0.3, -0.25) is 9.79 Å². The van der Waals surface area contributed by atoms with Crippen molar-refractivity contribution < 1.29 is 9.53 Å². The van der Waals surface area contributed by atoms with Crippen molar-refractivity contribution in [1.82, 2.24) is 9.80 Å². The lowest BCUT2D eigenvalue weighted by Crippen LogP contribution is -2.33. The molecule has 6 heteroatoms. The summed E-state index contributed by atoms with van der Waals surface area (Å²) >= 11 is 1.63. The van der Waals surface area contributed by atoms with Crippen molar-refractivity contribution in [2.75, 3.05) is 26.7 Å². The quantitative estimate of drug-likeness (QED) is 0.843. The Labute approximate surface area is 146 Å². The first-order chi connectivity index (χ1) is 11.8. The second-order valence-electron chi connectivity index (χ2n) is 6.21. The van der Waals surface area contributed by atoms with E-state index in [4.69, 9.17) is 4.74 Å². The van der Waals surface area contributed by atoms with Gasteiger partial charge >= 0.3 is 0 Å². The third-order valence-electron chi connectivity index (χ3n) is 4.85. The minimum absolute atomic E-state index is 0.120. The van der Waals surface area contributed by atoms with Gasteiger partial charge in [-0.25, -0.2) is 0 Å². The lowest BCUT2D eigenvalue weighted by Gasteiger charge is -2.27. The second-order valence-corrected chi connectivity index (χ2v) is 7.04. The Bertz CT molecular complexity index is 716. The highest BCUT2D eigenvalue weighted by atomic mass is 32.2. The van der Waals surface area contributed by atoms with Gasteiger partial charge in [0, 0.05) is 24.4 Å². The molecule has 1 aromatic carbocycles. The van der Waals surface area contributed by atoms with Gasteiger partial charge in [0.1, 0.15) is 5.75 Å². The molecule has 126 valence electrons. The van der Waals surface area contributed by atoms with E-state index in [1.807, 2.05) is 23.1 Å². The lowest BCUT2D eigenvalue weighted by atomic mass is 10.0. The van der Waals surface area contributed by atoms with E-state index in [9.17, 15) is 4.79 Å². The number of ether oxygens (including phenoxy) is 1. The Hall–Kier alpha value is -1.95. The number of benzene rings is 1. The number of amidine groups is 1. The molecule has 5 nitrogen and oxygen atoms in total. The summed E-state index contributed by atoms with van der Waals surface area (Å²) in [5, 5.41) is 3.12. The van der Waals surface area contributed by atoms with Gasteiger partial charge in [0.05, 0.1) is 26.1 Å². The van der Waals surface area contributed by atoms with Crippen LogP contribution in [0.4, 0.5) is 0 Å². The number of carbonyl (C=O) groups excluding carboxylic acids is 1. The second kappa shape index (κ2) is 6.51. The van der Waals surface area contributed by atoms with Crippen molar-refractivity contribution in [3.8, 4) is 5.75 Å². The molecule has 0 radical (unpaired) electrons. The molecule has 0 aliphatic carbocycles. The van der Waals surface area contributed by atoms with E-state index >= 15 is 0 Å². The molecule has 1 fully saturated rings. The van der Waals surface area contributed by atoms with E-state index < -0.39 is 0 Å². The lowest BCUT2D eigenvalue weighted by molar-refractivity contribution is -0.131. The Morgan fingerprint density at radius 3 is 3.12 bits per heavy atom. The molecule has 0 N–H and O–H groups in total. The first-order valence-corrected chi connectivity index (χ1v) is 9.26. The number of hydrogen-bond acceptors (Lipinski definition) is 5. The largest absolute Gasteiger partial charge is 0.496 e. The van der Waals surface area contributed by atoms with Crippen LogP contribution in [0, 0.1) is 0 Å². The number of fused-ring (bicyclic) bond motifs is 1. The predicted molar refractivity (Wildman–Crippen MR) is 96.0 cm³/mol. The SMILES string of the molecule is COc1ccccc1C1CCCN1C(=O)CC1=CSC2=NCCN12. The average Bonchev–Trinajstić information content (AvgIpc) is 3.32. The van der Waals surface area contributed by atoms with Gasteiger partial charge in [-0.15, -0.1) is 0 Å². The van der Waals surface area contributed by atoms with Gasteiger partial charge in [0.2, 0.25) is 5.91 Å². The summed E-state index contributed by atoms with van der Waals surface area (Å²) in [6.07, 6.45) is 2.49. The summed E-state index contributed by atoms with van der Waals surface area (Å²) in [6.45, 7) is 2.56. The summed E-state index contributed by atoms with van der Waals surface area (Å²) in [5.41, 5.74) is 2.20. The molecule has 24 heavy (non-hydrogen) atoms. The number of carbonyl (C=O) groups is 1. The van der Waals surface area contributed by atoms with Crippen LogP contribution >= 0.6 is 11.8 Å². The van der Waals surface area contributed by atoms with E-state index in [1.54, 1.807) is 18.9 Å². The van der Waals surface area contributed by atoms with Crippen LogP contribution in [-0.2, 0) is 4.79 Å². The van der Waals surface area contributed by atoms with Crippen molar-refractivity contribution in [1.29, 1.82) is 0 Å². The number of para-hydroxylation sites is 1. The predicted octanol–water partition coefficient (Wildman–Crippen LogP) is 3.01. The zero-order valence-corrected chi connectivity index (χ0v) is 14.6. The molecular weight excluding hydrogens is 322 g/mol. The van der Waals surface area contributed by atoms with Crippen LogP contribution in [0.2, 0.25) is 0 Å². The van der Waals surface area contributed by atoms with Gasteiger partial charge in [0.25, 0.3) is 0 Å². The Morgan fingerprint density at radius 2 is 2.25 bits per heavy atom. The number of thioether (sulfide) groups is 1. The number of nitrogens with zero attached hydrogens (tertiary/aromatic N) is 3. The maximum absolute atomic E-state index is 12.9. The summed E-state index contributed by atoms with van der Waals surface area (Å²) in [6, 6.07) is 8.15. The summed E-state index contributed by atoms with van der Waals surface area (Å²) in [7, 11) is 1.69. The van der Waals surface area contributed by atoms with E-state index in [-0.39, 0.29) is 11.9 Å². The summed E-state index contributed by atoms with van der Waals surface area (Å²) in [4.78, 5) is 21.6. The number of aliphatic imine (C=N–C) groups is 1. The molecule has 1 saturated heterocycles. The van der Waals surface area contributed by atoms with Crippen molar-refractivity contribution >= 4 is 22.8 Å². The number of likely N-dealkylation sites (tertiary alicyclic amines) is 1. The van der Waals surface area contributed by atoms with Crippen LogP contribution in [-0.4, -0.2) is 47.6 Å². The van der Waals surface area contributed by atoms with Crippen molar-refractivity contribution in [3.05, 3.63) is 40.9 Å². The molecule has 0 saturated carbocycles. The van der Waals surface area contributed by atoms with E-state index in [2.05, 4.69) is 21.4 Å². The zero-order valence-electron chi connectivity index (χ0n) is 13.8. The van der Waals surface area contributed by atoms with Crippen molar-refractivity contribution in [2.45, 2.75) is 25.3 Å². The molecule has 3 aliphatic rings. The monoisotopic (exact) mass is 343 g/mol. The fourth-order valence-corrected chi connectivity index (χ4v) is 4.66. The van der Waals surface area contributed by atoms with Crippen LogP contribution in [0.25, 0.3) is 0 Å². The topological polar surface area (TPSA) is 45.1 Å². The number of hydrogen-bond donors (Lipinski definition) is 0. The van der Waals surface area contributed by atoms with Crippen LogP contribution in [0.1, 0.15) is 30.9 Å². The summed E-state index contributed by atoms with van der Waals surface area (Å²) in [5.74, 6) is 1.07. The third kappa shape index (κ3) is 2.69. The molecule has 1 amide bonds. The van der Waals surface area contributed by atoms with Crippen molar-refractivity contribution in [2.24, 2.45) is 4.99 Å². The van der Waals surface area contributed by atoms with E-state index in [1.165, 1.54) is 0 Å². The van der Waals surface area contributed by atoms with Crippen LogP contribution in [0.3, 0.4) is 0 Å². The molecule has 1 atom stereocenters. The standard InChI is InChI=1S/C18H21N3O2S/c1-23-16-7-3-2-5-14(16)15-6-4-9-21(15)17(22)11-13-12-24-18-19-8-10-20(13)18/h2-3,5,7,12,15H,4,6,8-11H2,1H3. The maximum atomic E-state index is 12.9. The maximum Gasteiger partial charge on any atom is 0.229 e. The van der Waals surface area contributed by atoms with Gasteiger partial charge < -0.3 is 14.5 Å². The van der Waals surface area contributed by atoms with Crippen LogP contribution in [0.5, 0.6) is 5.75 Å². The number of methoxy groups -OCH3 is 1. The molecule has 0 aromatic heterocycles. The first-order valence-electron chi connectivity index (χ1n) is 8.38. The molecule has 0 spiro atoms. The first kappa shape index (κ1) is 15.6. The van der Waals surface area contributed by atoms with Crippen LogP contribution in [0.15, 0.2) is 40.4 Å².